The average Bonchev–Trinajstić information content (AvgIpc) is 3.43. The summed E-state index contributed by atoms with van der Waals surface area (Å²) in [5.41, 5.74) is 7.44. The number of halogens is 2. The minimum atomic E-state index is -0.979. The molecule has 10 rings (SSSR count). The maximum Gasteiger partial charge on any atom is 0.0967 e. The predicted octanol–water partition coefficient (Wildman–Crippen LogP) is 11.3. The Labute approximate surface area is 426 Å². The Morgan fingerprint density at radius 1 is 0.507 bits per heavy atom. The smallest absolute Gasteiger partial charge is 0.0967 e. The van der Waals surface area contributed by atoms with Gasteiger partial charge < -0.3 is 20.5 Å². The van der Waals surface area contributed by atoms with Crippen LogP contribution in [0.3, 0.4) is 0 Å². The Kier molecular flexibility index (Phi) is 21.2. The van der Waals surface area contributed by atoms with Gasteiger partial charge in [0, 0.05) is 12.1 Å². The average molecular weight is 1080 g/mol. The van der Waals surface area contributed by atoms with Crippen molar-refractivity contribution < 1.29 is 29.8 Å². The van der Waals surface area contributed by atoms with Gasteiger partial charge in [-0.3, -0.25) is 0 Å². The van der Waals surface area contributed by atoms with Crippen LogP contribution in [0, 0.1) is 0 Å². The first-order valence-electron chi connectivity index (χ1n) is 23.2. The van der Waals surface area contributed by atoms with Gasteiger partial charge in [0.15, 0.2) is 0 Å². The number of methoxy groups -OCH3 is 1. The number of aliphatic hydroxyl groups excluding tert-OH is 1. The first-order valence-corrected chi connectivity index (χ1v) is 31.1. The molecule has 69 heavy (non-hydrogen) atoms. The van der Waals surface area contributed by atoms with Gasteiger partial charge in [-0.1, -0.05) is 170 Å². The summed E-state index contributed by atoms with van der Waals surface area (Å²) in [6, 6.07) is 83.0. The number of esters is 1. The summed E-state index contributed by atoms with van der Waals surface area (Å²) in [5, 5.41) is 23.1. The number of nitrogens with one attached hydrogen (secondary N) is 2. The molecular formula is C59H60Cl2N2O3P2Ru+4. The molecule has 8 aromatic rings. The molecular weight excluding hydrogens is 1020 g/mol. The molecule has 0 fully saturated rings. The number of ether oxygens (including phenoxy) is 1. The van der Waals surface area contributed by atoms with Gasteiger partial charge in [0.1, 0.15) is 0 Å². The molecule has 2 aliphatic heterocycles. The summed E-state index contributed by atoms with van der Waals surface area (Å²) >= 11 is -0.346. The van der Waals surface area contributed by atoms with Gasteiger partial charge in [0.2, 0.25) is 0 Å². The minimum absolute atomic E-state index is 0.140. The molecule has 2 heterocycles. The largest absolute Gasteiger partial charge is 0.302 e. The first kappa shape index (κ1) is 52.0. The second-order valence-corrected chi connectivity index (χ2v) is 24.5. The maximum atomic E-state index is 10.8. The van der Waals surface area contributed by atoms with E-state index in [4.69, 9.17) is 24.5 Å². The fraction of sp³-hybridized carbons (Fsp3) is 0.169. The van der Waals surface area contributed by atoms with Crippen molar-refractivity contribution >= 4 is 62.4 Å². The number of carbonyl (C=O) groups excluding carboxylic acids is 1. The summed E-state index contributed by atoms with van der Waals surface area (Å²) in [6.07, 6.45) is 4.42. The standard InChI is InChI=1S/C44H42N2P2.C8H8O2.C7H8O.2ClH.Ru/c1-5-19-37(20-6-1)47(38-21-7-2-8-22-38)31-35-29-33-17-13-15-27-41(33)43(45-35)44-42-28-16-14-18-34(42)30-36(46-44)32-48(39-23-9-3-10-24-39)40-25-11-4-12-26-40;1-10-8(9)7-5-3-2-4-6-7;8-6-7-4-2-1-3-5-7;;;/h1-28,35-36,43-46H,29-32H2;2-6H,1H3;1-5,8H,6H2;2*1H;/q;;;;;+4/t35-,36-,43-,44-;;;;;/m0...../s1. The third-order valence-electron chi connectivity index (χ3n) is 12.5. The van der Waals surface area contributed by atoms with Crippen LogP contribution in [0.1, 0.15) is 50.3 Å². The second kappa shape index (κ2) is 28.1. The van der Waals surface area contributed by atoms with E-state index in [0.29, 0.717) is 17.6 Å². The van der Waals surface area contributed by atoms with Crippen molar-refractivity contribution in [3.05, 3.63) is 264 Å². The predicted molar refractivity (Wildman–Crippen MR) is 292 cm³/mol. The summed E-state index contributed by atoms with van der Waals surface area (Å²) in [7, 11) is 9.12. The van der Waals surface area contributed by atoms with Crippen LogP contribution in [-0.4, -0.2) is 42.6 Å². The van der Waals surface area contributed by atoms with Crippen LogP contribution in [0.2, 0.25) is 0 Å². The van der Waals surface area contributed by atoms with Gasteiger partial charge in [-0.15, -0.1) is 0 Å². The molecule has 2 aliphatic rings. The fourth-order valence-corrected chi connectivity index (χ4v) is 14.8. The van der Waals surface area contributed by atoms with E-state index >= 15 is 0 Å². The summed E-state index contributed by atoms with van der Waals surface area (Å²) in [6.45, 7) is 0.140. The number of rotatable bonds is 11. The Morgan fingerprint density at radius 3 is 1.13 bits per heavy atom. The third kappa shape index (κ3) is 15.1. The van der Waals surface area contributed by atoms with Gasteiger partial charge in [0.05, 0.1) is 80.7 Å². The number of carbonyl (C=O) groups is 1. The number of benzene rings is 8. The SMILES string of the molecule is COC(=O)c1ccccc1.OCc1ccccc1.[Cl][Ru+2][Cl].c1ccc([PH+](C[C@@H]2Cc3ccccc3[C@@H]([C@H]3N[C@H](C[PH+](c4ccccc4)c4ccccc4)Cc4ccccc43)N2)c2ccccc2)cc1. The third-order valence-corrected chi connectivity index (χ3v) is 18.4. The van der Waals surface area contributed by atoms with E-state index in [-0.39, 0.29) is 39.8 Å². The Morgan fingerprint density at radius 2 is 0.812 bits per heavy atom. The van der Waals surface area contributed by atoms with E-state index in [9.17, 15) is 4.79 Å². The molecule has 8 aromatic carbocycles. The van der Waals surface area contributed by atoms with Crippen LogP contribution in [0.15, 0.2) is 231 Å². The van der Waals surface area contributed by atoms with Gasteiger partial charge in [-0.2, -0.15) is 0 Å². The second-order valence-electron chi connectivity index (χ2n) is 16.9. The molecule has 0 radical (unpaired) electrons. The topological polar surface area (TPSA) is 70.6 Å². The molecule has 0 amide bonds. The Balaban J connectivity index is 0.000000277. The van der Waals surface area contributed by atoms with Crippen LogP contribution in [-0.2, 0) is 39.3 Å². The molecule has 5 nitrogen and oxygen atoms in total. The molecule has 10 heteroatoms. The van der Waals surface area contributed by atoms with E-state index < -0.39 is 15.8 Å². The monoisotopic (exact) mass is 1080 g/mol. The molecule has 0 spiro atoms. The molecule has 0 saturated heterocycles. The number of aliphatic hydroxyl groups is 1. The van der Waals surface area contributed by atoms with Crippen molar-refractivity contribution in [1.82, 2.24) is 10.6 Å². The zero-order valence-electron chi connectivity index (χ0n) is 38.7. The van der Waals surface area contributed by atoms with Crippen molar-refractivity contribution in [2.75, 3.05) is 19.4 Å². The normalized spacial score (nSPS) is 16.7. The summed E-state index contributed by atoms with van der Waals surface area (Å²) < 4.78 is 4.50. The van der Waals surface area contributed by atoms with Gasteiger partial charge >= 0.3 is 40.5 Å². The Bertz CT molecular complexity index is 2490. The van der Waals surface area contributed by atoms with Crippen LogP contribution < -0.4 is 31.9 Å². The van der Waals surface area contributed by atoms with Crippen LogP contribution >= 0.6 is 35.2 Å². The molecule has 0 aliphatic carbocycles. The fourth-order valence-electron chi connectivity index (χ4n) is 9.33. The van der Waals surface area contributed by atoms with Crippen LogP contribution in [0.5, 0.6) is 0 Å². The molecule has 4 atom stereocenters. The molecule has 352 valence electrons. The number of fused-ring (bicyclic) bond motifs is 2. The summed E-state index contributed by atoms with van der Waals surface area (Å²) in [4.78, 5) is 10.8. The number of hydrogen-bond acceptors (Lipinski definition) is 5. The van der Waals surface area contributed by atoms with E-state index in [0.717, 1.165) is 30.7 Å². The minimum Gasteiger partial charge on any atom is -0.302 e. The van der Waals surface area contributed by atoms with Crippen LogP contribution in [0.4, 0.5) is 0 Å². The molecule has 0 saturated carbocycles. The van der Waals surface area contributed by atoms with Crippen molar-refractivity contribution in [2.45, 2.75) is 43.6 Å². The zero-order chi connectivity index (χ0) is 48.0. The maximum absolute atomic E-state index is 10.8. The zero-order valence-corrected chi connectivity index (χ0v) is 43.9. The van der Waals surface area contributed by atoms with Gasteiger partial charge in [0.25, 0.3) is 0 Å². The summed E-state index contributed by atoms with van der Waals surface area (Å²) in [5.74, 6) is -0.291. The van der Waals surface area contributed by atoms with Gasteiger partial charge in [-0.05, 0) is 101 Å². The van der Waals surface area contributed by atoms with Gasteiger partial charge in [-0.25, -0.2) is 4.79 Å². The molecule has 0 bridgehead atoms. The van der Waals surface area contributed by atoms with Crippen molar-refractivity contribution in [3.63, 3.8) is 0 Å². The first-order chi connectivity index (χ1) is 34.0. The number of hydrogen-bond donors (Lipinski definition) is 3. The Hall–Kier alpha value is -4.83. The van der Waals surface area contributed by atoms with Crippen molar-refractivity contribution in [2.24, 2.45) is 0 Å². The van der Waals surface area contributed by atoms with E-state index in [1.807, 2.05) is 36.4 Å². The van der Waals surface area contributed by atoms with Crippen molar-refractivity contribution in [3.8, 4) is 0 Å². The molecule has 0 aromatic heterocycles. The van der Waals surface area contributed by atoms with Crippen LogP contribution in [0.25, 0.3) is 0 Å². The van der Waals surface area contributed by atoms with E-state index in [1.54, 1.807) is 24.3 Å². The molecule has 0 unspecified atom stereocenters. The quantitative estimate of drug-likeness (QED) is 0.0684. The van der Waals surface area contributed by atoms with E-state index in [1.165, 1.54) is 50.6 Å². The molecule has 3 N–H and O–H groups in total. The van der Waals surface area contributed by atoms with E-state index in [2.05, 4.69) is 185 Å². The van der Waals surface area contributed by atoms with Crippen molar-refractivity contribution in [1.29, 1.82) is 0 Å².